The van der Waals surface area contributed by atoms with Crippen LogP contribution in [0.4, 0.5) is 0 Å². The molecule has 1 fully saturated rings. The molecule has 0 bridgehead atoms. The summed E-state index contributed by atoms with van der Waals surface area (Å²) in [6, 6.07) is 5.79. The fourth-order valence-electron chi connectivity index (χ4n) is 2.87. The Hall–Kier alpha value is -1.88. The van der Waals surface area contributed by atoms with Gasteiger partial charge in [0.15, 0.2) is 11.3 Å². The smallest absolute Gasteiger partial charge is 0.289 e. The molecule has 0 radical (unpaired) electrons. The van der Waals surface area contributed by atoms with E-state index in [1.54, 1.807) is 6.07 Å². The minimum atomic E-state index is -0.0267. The molecule has 1 aliphatic rings. The van der Waals surface area contributed by atoms with E-state index in [-0.39, 0.29) is 11.9 Å². The highest BCUT2D eigenvalue weighted by Gasteiger charge is 2.28. The van der Waals surface area contributed by atoms with Crippen LogP contribution in [0.1, 0.15) is 36.0 Å². The van der Waals surface area contributed by atoms with E-state index in [9.17, 15) is 4.79 Å². The summed E-state index contributed by atoms with van der Waals surface area (Å²) in [6.07, 6.45) is 1.95. The number of pyridine rings is 1. The third-order valence-corrected chi connectivity index (χ3v) is 3.92. The third kappa shape index (κ3) is 2.78. The number of amides is 1. The van der Waals surface area contributed by atoms with Crippen LogP contribution in [0, 0.1) is 6.92 Å². The Morgan fingerprint density at radius 2 is 2.38 bits per heavy atom. The summed E-state index contributed by atoms with van der Waals surface area (Å²) in [5.74, 6) is 0.365. The first kappa shape index (κ1) is 14.1. The molecule has 3 rings (SSSR count). The van der Waals surface area contributed by atoms with Crippen molar-refractivity contribution in [1.29, 1.82) is 0 Å². The first-order valence-electron chi connectivity index (χ1n) is 7.58. The van der Waals surface area contributed by atoms with Gasteiger partial charge < -0.3 is 14.6 Å². The largest absolute Gasteiger partial charge is 0.449 e. The van der Waals surface area contributed by atoms with Gasteiger partial charge in [-0.05, 0) is 38.4 Å². The summed E-state index contributed by atoms with van der Waals surface area (Å²) in [5.41, 5.74) is 2.34. The molecule has 0 aromatic carbocycles. The van der Waals surface area contributed by atoms with Gasteiger partial charge in [-0.1, -0.05) is 6.92 Å². The number of fused-ring (bicyclic) bond motifs is 1. The van der Waals surface area contributed by atoms with Crippen molar-refractivity contribution in [2.75, 3.05) is 19.6 Å². The summed E-state index contributed by atoms with van der Waals surface area (Å²) in [7, 11) is 0. The topological polar surface area (TPSA) is 58.4 Å². The number of carbonyl (C=O) groups excluding carboxylic acids is 1. The van der Waals surface area contributed by atoms with Crippen LogP contribution in [0.15, 0.2) is 22.6 Å². The molecule has 0 spiro atoms. The molecular weight excluding hydrogens is 266 g/mol. The van der Waals surface area contributed by atoms with Crippen LogP contribution in [-0.4, -0.2) is 41.5 Å². The number of hydrogen-bond acceptors (Lipinski definition) is 4. The lowest BCUT2D eigenvalue weighted by Crippen LogP contribution is -2.41. The summed E-state index contributed by atoms with van der Waals surface area (Å²) in [4.78, 5) is 19.1. The second-order valence-corrected chi connectivity index (χ2v) is 5.59. The van der Waals surface area contributed by atoms with Gasteiger partial charge in [-0.15, -0.1) is 0 Å². The highest BCUT2D eigenvalue weighted by Crippen LogP contribution is 2.21. The van der Waals surface area contributed by atoms with E-state index in [1.807, 2.05) is 24.0 Å². The number of carbonyl (C=O) groups is 1. The Balaban J connectivity index is 1.89. The molecule has 2 aromatic rings. The van der Waals surface area contributed by atoms with E-state index in [2.05, 4.69) is 17.2 Å². The summed E-state index contributed by atoms with van der Waals surface area (Å²) in [5, 5.41) is 3.31. The first-order chi connectivity index (χ1) is 10.2. The molecule has 1 unspecified atom stereocenters. The van der Waals surface area contributed by atoms with Gasteiger partial charge in [0.1, 0.15) is 5.52 Å². The molecular formula is C16H21N3O2. The molecule has 21 heavy (non-hydrogen) atoms. The van der Waals surface area contributed by atoms with Crippen molar-refractivity contribution < 1.29 is 9.21 Å². The maximum absolute atomic E-state index is 12.8. The van der Waals surface area contributed by atoms with Crippen molar-refractivity contribution >= 4 is 17.0 Å². The number of nitrogens with one attached hydrogen (secondary N) is 1. The molecule has 3 heterocycles. The summed E-state index contributed by atoms with van der Waals surface area (Å²) >= 11 is 0. The number of rotatable bonds is 4. The lowest BCUT2D eigenvalue weighted by atomic mass is 10.2. The molecule has 5 heteroatoms. The summed E-state index contributed by atoms with van der Waals surface area (Å²) in [6.45, 7) is 6.62. The van der Waals surface area contributed by atoms with Crippen LogP contribution in [0.25, 0.3) is 11.1 Å². The maximum Gasteiger partial charge on any atom is 0.289 e. The minimum Gasteiger partial charge on any atom is -0.449 e. The van der Waals surface area contributed by atoms with Crippen molar-refractivity contribution in [2.24, 2.45) is 0 Å². The number of furan rings is 1. The molecule has 0 saturated carbocycles. The Morgan fingerprint density at radius 1 is 1.52 bits per heavy atom. The van der Waals surface area contributed by atoms with Crippen molar-refractivity contribution in [1.82, 2.24) is 15.2 Å². The number of nitrogens with zero attached hydrogens (tertiary/aromatic N) is 2. The van der Waals surface area contributed by atoms with Gasteiger partial charge in [-0.3, -0.25) is 4.79 Å². The molecule has 112 valence electrons. The van der Waals surface area contributed by atoms with Crippen LogP contribution in [-0.2, 0) is 0 Å². The molecule has 1 saturated heterocycles. The van der Waals surface area contributed by atoms with Crippen LogP contribution in [0.3, 0.4) is 0 Å². The van der Waals surface area contributed by atoms with Crippen molar-refractivity contribution in [3.8, 4) is 0 Å². The van der Waals surface area contributed by atoms with E-state index < -0.39 is 0 Å². The van der Waals surface area contributed by atoms with E-state index in [0.717, 1.165) is 43.7 Å². The van der Waals surface area contributed by atoms with Gasteiger partial charge in [-0.2, -0.15) is 0 Å². The van der Waals surface area contributed by atoms with Crippen molar-refractivity contribution in [2.45, 2.75) is 32.7 Å². The predicted octanol–water partition coefficient (Wildman–Crippen LogP) is 2.35. The Labute approximate surface area is 124 Å². The van der Waals surface area contributed by atoms with Crippen LogP contribution in [0.5, 0.6) is 0 Å². The van der Waals surface area contributed by atoms with Crippen LogP contribution in [0.2, 0.25) is 0 Å². The van der Waals surface area contributed by atoms with E-state index in [4.69, 9.17) is 4.42 Å². The highest BCUT2D eigenvalue weighted by atomic mass is 16.3. The van der Waals surface area contributed by atoms with Gasteiger partial charge in [-0.25, -0.2) is 4.98 Å². The SMILES string of the molecule is CCCN(C(=O)c1cc2nc(C)ccc2o1)C1CCNC1. The Kier molecular flexibility index (Phi) is 3.92. The fourth-order valence-corrected chi connectivity index (χ4v) is 2.87. The predicted molar refractivity (Wildman–Crippen MR) is 81.3 cm³/mol. The molecule has 1 amide bonds. The lowest BCUT2D eigenvalue weighted by molar-refractivity contribution is 0.0662. The van der Waals surface area contributed by atoms with E-state index >= 15 is 0 Å². The number of aryl methyl sites for hydroxylation is 1. The fraction of sp³-hybridized carbons (Fsp3) is 0.500. The van der Waals surface area contributed by atoms with Crippen LogP contribution >= 0.6 is 0 Å². The quantitative estimate of drug-likeness (QED) is 0.937. The van der Waals surface area contributed by atoms with Gasteiger partial charge in [0, 0.05) is 30.9 Å². The monoisotopic (exact) mass is 287 g/mol. The molecule has 5 nitrogen and oxygen atoms in total. The zero-order valence-corrected chi connectivity index (χ0v) is 12.6. The van der Waals surface area contributed by atoms with Gasteiger partial charge in [0.05, 0.1) is 0 Å². The molecule has 1 aliphatic heterocycles. The third-order valence-electron chi connectivity index (χ3n) is 3.92. The number of hydrogen-bond donors (Lipinski definition) is 1. The summed E-state index contributed by atoms with van der Waals surface area (Å²) < 4.78 is 5.70. The van der Waals surface area contributed by atoms with Crippen molar-refractivity contribution in [3.05, 3.63) is 29.7 Å². The van der Waals surface area contributed by atoms with Gasteiger partial charge >= 0.3 is 0 Å². The molecule has 1 atom stereocenters. The number of aromatic nitrogens is 1. The average Bonchev–Trinajstić information content (AvgIpc) is 3.12. The zero-order chi connectivity index (χ0) is 14.8. The van der Waals surface area contributed by atoms with Crippen LogP contribution < -0.4 is 5.32 Å². The Bertz CT molecular complexity index is 644. The molecule has 2 aromatic heterocycles. The zero-order valence-electron chi connectivity index (χ0n) is 12.6. The van der Waals surface area contributed by atoms with Gasteiger partial charge in [0.25, 0.3) is 5.91 Å². The maximum atomic E-state index is 12.8. The second-order valence-electron chi connectivity index (χ2n) is 5.59. The van der Waals surface area contributed by atoms with E-state index in [0.29, 0.717) is 11.3 Å². The lowest BCUT2D eigenvalue weighted by Gasteiger charge is -2.27. The first-order valence-corrected chi connectivity index (χ1v) is 7.58. The van der Waals surface area contributed by atoms with Gasteiger partial charge in [0.2, 0.25) is 0 Å². The molecule has 0 aliphatic carbocycles. The van der Waals surface area contributed by atoms with E-state index in [1.165, 1.54) is 0 Å². The second kappa shape index (κ2) is 5.85. The standard InChI is InChI=1S/C16H21N3O2/c1-3-8-19(12-6-7-17-10-12)16(20)15-9-13-14(21-15)5-4-11(2)18-13/h4-5,9,12,17H,3,6-8,10H2,1-2H3. The Morgan fingerprint density at radius 3 is 3.10 bits per heavy atom. The average molecular weight is 287 g/mol. The van der Waals surface area contributed by atoms with Crippen molar-refractivity contribution in [3.63, 3.8) is 0 Å². The molecule has 1 N–H and O–H groups in total. The minimum absolute atomic E-state index is 0.0267. The highest BCUT2D eigenvalue weighted by molar-refractivity contribution is 5.95. The normalized spacial score (nSPS) is 18.3.